The average molecular weight is 238 g/mol. The molecule has 0 fully saturated rings. The summed E-state index contributed by atoms with van der Waals surface area (Å²) in [5, 5.41) is 9.78. The summed E-state index contributed by atoms with van der Waals surface area (Å²) in [7, 11) is 0. The Labute approximate surface area is 104 Å². The van der Waals surface area contributed by atoms with Crippen LogP contribution in [0, 0.1) is 0 Å². The summed E-state index contributed by atoms with van der Waals surface area (Å²) >= 11 is 0. The fourth-order valence-corrected chi connectivity index (χ4v) is 2.36. The number of hydrogen-bond acceptors (Lipinski definition) is 3. The number of benzene rings is 2. The van der Waals surface area contributed by atoms with Gasteiger partial charge in [-0.3, -0.25) is 9.59 Å². The molecule has 0 radical (unpaired) electrons. The molecule has 3 nitrogen and oxygen atoms in total. The van der Waals surface area contributed by atoms with Gasteiger partial charge in [0.15, 0.2) is 11.6 Å². The average Bonchev–Trinajstić information content (AvgIpc) is 2.64. The van der Waals surface area contributed by atoms with E-state index in [2.05, 4.69) is 0 Å². The molecule has 0 saturated carbocycles. The molecule has 0 bridgehead atoms. The lowest BCUT2D eigenvalue weighted by Gasteiger charge is -2.08. The van der Waals surface area contributed by atoms with Gasteiger partial charge in [0, 0.05) is 16.7 Å². The van der Waals surface area contributed by atoms with E-state index in [0.29, 0.717) is 16.7 Å². The van der Waals surface area contributed by atoms with E-state index < -0.39 is 5.92 Å². The Morgan fingerprint density at radius 2 is 1.28 bits per heavy atom. The highest BCUT2D eigenvalue weighted by Gasteiger charge is 2.40. The molecular weight excluding hydrogens is 228 g/mol. The van der Waals surface area contributed by atoms with Gasteiger partial charge in [-0.15, -0.1) is 0 Å². The van der Waals surface area contributed by atoms with Crippen LogP contribution in [0.15, 0.2) is 48.5 Å². The van der Waals surface area contributed by atoms with Crippen LogP contribution in [0.1, 0.15) is 32.2 Å². The predicted molar refractivity (Wildman–Crippen MR) is 66.0 cm³/mol. The van der Waals surface area contributed by atoms with Crippen LogP contribution in [-0.2, 0) is 0 Å². The van der Waals surface area contributed by atoms with Gasteiger partial charge in [-0.2, -0.15) is 0 Å². The fraction of sp³-hybridized carbons (Fsp3) is 0.0667. The van der Waals surface area contributed by atoms with Crippen molar-refractivity contribution in [2.24, 2.45) is 0 Å². The van der Waals surface area contributed by atoms with Gasteiger partial charge >= 0.3 is 0 Å². The summed E-state index contributed by atoms with van der Waals surface area (Å²) in [5.41, 5.74) is 1.26. The molecule has 1 N–H and O–H groups in total. The summed E-state index contributed by atoms with van der Waals surface area (Å²) in [5.74, 6) is -1.39. The number of para-hydroxylation sites is 1. The summed E-state index contributed by atoms with van der Waals surface area (Å²) < 4.78 is 0. The van der Waals surface area contributed by atoms with Gasteiger partial charge in [0.05, 0.1) is 0 Å². The lowest BCUT2D eigenvalue weighted by molar-refractivity contribution is 0.0888. The molecule has 3 rings (SSSR count). The number of ketones is 2. The second kappa shape index (κ2) is 3.81. The molecule has 18 heavy (non-hydrogen) atoms. The summed E-state index contributed by atoms with van der Waals surface area (Å²) in [6.07, 6.45) is 0. The number of phenols is 1. The highest BCUT2D eigenvalue weighted by molar-refractivity contribution is 6.29. The van der Waals surface area contributed by atoms with Crippen molar-refractivity contribution < 1.29 is 14.7 Å². The molecule has 88 valence electrons. The van der Waals surface area contributed by atoms with Crippen molar-refractivity contribution in [3.63, 3.8) is 0 Å². The maximum atomic E-state index is 12.2. The van der Waals surface area contributed by atoms with Gasteiger partial charge in [0.25, 0.3) is 0 Å². The van der Waals surface area contributed by atoms with Crippen LogP contribution in [0.5, 0.6) is 5.75 Å². The Morgan fingerprint density at radius 1 is 0.778 bits per heavy atom. The van der Waals surface area contributed by atoms with Crippen molar-refractivity contribution in [2.75, 3.05) is 0 Å². The van der Waals surface area contributed by atoms with Crippen LogP contribution in [0.2, 0.25) is 0 Å². The lowest BCUT2D eigenvalue weighted by atomic mass is 9.93. The largest absolute Gasteiger partial charge is 0.508 e. The van der Waals surface area contributed by atoms with Crippen LogP contribution in [-0.4, -0.2) is 16.7 Å². The Hall–Kier alpha value is -2.42. The van der Waals surface area contributed by atoms with Crippen molar-refractivity contribution in [2.45, 2.75) is 5.92 Å². The van der Waals surface area contributed by atoms with Crippen molar-refractivity contribution in [3.8, 4) is 5.75 Å². The second-order valence-corrected chi connectivity index (χ2v) is 4.27. The van der Waals surface area contributed by atoms with E-state index in [1.54, 1.807) is 42.5 Å². The highest BCUT2D eigenvalue weighted by Crippen LogP contribution is 2.37. The van der Waals surface area contributed by atoms with Crippen LogP contribution in [0.4, 0.5) is 0 Å². The molecule has 0 amide bonds. The van der Waals surface area contributed by atoms with Gasteiger partial charge in [-0.25, -0.2) is 0 Å². The third-order valence-electron chi connectivity index (χ3n) is 3.23. The maximum Gasteiger partial charge on any atom is 0.178 e. The SMILES string of the molecule is O=C1c2ccccc2C(=O)C1c1ccccc1O. The Kier molecular flexibility index (Phi) is 2.27. The van der Waals surface area contributed by atoms with Gasteiger partial charge in [0.2, 0.25) is 0 Å². The molecule has 0 aliphatic heterocycles. The van der Waals surface area contributed by atoms with E-state index in [9.17, 15) is 14.7 Å². The molecule has 0 spiro atoms. The molecular formula is C15H10O3. The van der Waals surface area contributed by atoms with Crippen LogP contribution in [0.25, 0.3) is 0 Å². The van der Waals surface area contributed by atoms with Crippen LogP contribution in [0.3, 0.4) is 0 Å². The molecule has 1 aliphatic carbocycles. The summed E-state index contributed by atoms with van der Waals surface area (Å²) in [4.78, 5) is 24.5. The number of phenolic OH excluding ortho intramolecular Hbond substituents is 1. The molecule has 0 heterocycles. The first kappa shape index (κ1) is 10.7. The van der Waals surface area contributed by atoms with Gasteiger partial charge in [-0.1, -0.05) is 42.5 Å². The molecule has 3 heteroatoms. The maximum absolute atomic E-state index is 12.2. The monoisotopic (exact) mass is 238 g/mol. The first-order chi connectivity index (χ1) is 8.70. The van der Waals surface area contributed by atoms with Crippen molar-refractivity contribution in [1.82, 2.24) is 0 Å². The quantitative estimate of drug-likeness (QED) is 0.777. The molecule has 0 unspecified atom stereocenters. The van der Waals surface area contributed by atoms with Gasteiger partial charge in [-0.05, 0) is 6.07 Å². The molecule has 0 aromatic heterocycles. The van der Waals surface area contributed by atoms with Crippen molar-refractivity contribution >= 4 is 11.6 Å². The number of Topliss-reactive ketones (excluding diaryl/α,β-unsaturated/α-hetero) is 2. The van der Waals surface area contributed by atoms with Crippen molar-refractivity contribution in [1.29, 1.82) is 0 Å². The fourth-order valence-electron chi connectivity index (χ4n) is 2.36. The standard InChI is InChI=1S/C15H10O3/c16-12-8-4-3-7-11(12)13-14(17)9-5-1-2-6-10(9)15(13)18/h1-8,13,16H. The number of aromatic hydroxyl groups is 1. The first-order valence-corrected chi connectivity index (χ1v) is 5.65. The van der Waals surface area contributed by atoms with Gasteiger partial charge in [0.1, 0.15) is 11.7 Å². The van der Waals surface area contributed by atoms with Gasteiger partial charge < -0.3 is 5.11 Å². The Balaban J connectivity index is 2.16. The third kappa shape index (κ3) is 1.37. The molecule has 2 aromatic carbocycles. The summed E-state index contributed by atoms with van der Waals surface area (Å²) in [6.45, 7) is 0. The minimum Gasteiger partial charge on any atom is -0.508 e. The van der Waals surface area contributed by atoms with E-state index in [1.807, 2.05) is 0 Å². The zero-order valence-electron chi connectivity index (χ0n) is 9.46. The lowest BCUT2D eigenvalue weighted by Crippen LogP contribution is -2.12. The van der Waals surface area contributed by atoms with Crippen LogP contribution < -0.4 is 0 Å². The molecule has 0 saturated heterocycles. The number of carbonyl (C=O) groups excluding carboxylic acids is 2. The minimum absolute atomic E-state index is 0.0167. The van der Waals surface area contributed by atoms with E-state index >= 15 is 0 Å². The second-order valence-electron chi connectivity index (χ2n) is 4.27. The summed E-state index contributed by atoms with van der Waals surface area (Å²) in [6, 6.07) is 13.2. The minimum atomic E-state index is -0.899. The predicted octanol–water partition coefficient (Wildman–Crippen LogP) is 2.56. The number of fused-ring (bicyclic) bond motifs is 1. The van der Waals surface area contributed by atoms with E-state index in [4.69, 9.17) is 0 Å². The third-order valence-corrected chi connectivity index (χ3v) is 3.23. The van der Waals surface area contributed by atoms with Crippen molar-refractivity contribution in [3.05, 3.63) is 65.2 Å². The smallest absolute Gasteiger partial charge is 0.178 e. The topological polar surface area (TPSA) is 54.4 Å². The Bertz CT molecular complexity index is 623. The molecule has 1 aliphatic rings. The van der Waals surface area contributed by atoms with E-state index in [-0.39, 0.29) is 17.3 Å². The number of hydrogen-bond donors (Lipinski definition) is 1. The first-order valence-electron chi connectivity index (χ1n) is 5.65. The molecule has 2 aromatic rings. The number of carbonyl (C=O) groups is 2. The highest BCUT2D eigenvalue weighted by atomic mass is 16.3. The zero-order valence-corrected chi connectivity index (χ0v) is 9.46. The van der Waals surface area contributed by atoms with E-state index in [0.717, 1.165) is 0 Å². The van der Waals surface area contributed by atoms with E-state index in [1.165, 1.54) is 6.07 Å². The van der Waals surface area contributed by atoms with Crippen LogP contribution >= 0.6 is 0 Å². The number of rotatable bonds is 1. The molecule has 0 atom stereocenters. The zero-order chi connectivity index (χ0) is 12.7. The normalized spacial score (nSPS) is 14.9. The Morgan fingerprint density at radius 3 is 1.83 bits per heavy atom.